The minimum Gasteiger partial charge on any atom is -0.362 e. The summed E-state index contributed by atoms with van der Waals surface area (Å²) in [5.41, 5.74) is 1.75. The molecule has 0 aliphatic heterocycles. The molecule has 0 aromatic heterocycles. The maximum atomic E-state index is 6.48. The third kappa shape index (κ3) is 4.10. The molecule has 2 atom stereocenters. The zero-order chi connectivity index (χ0) is 16.2. The van der Waals surface area contributed by atoms with E-state index in [0.29, 0.717) is 0 Å². The molecule has 0 heterocycles. The van der Waals surface area contributed by atoms with Crippen molar-refractivity contribution in [2.24, 2.45) is 0 Å². The lowest BCUT2D eigenvalue weighted by atomic mass is 9.87. The third-order valence-electron chi connectivity index (χ3n) is 3.78. The molecule has 0 spiro atoms. The monoisotopic (exact) mass is 317 g/mol. The average Bonchev–Trinajstić information content (AvgIpc) is 2.47. The van der Waals surface area contributed by atoms with Crippen molar-refractivity contribution in [3.05, 3.63) is 70.7 Å². The highest BCUT2D eigenvalue weighted by atomic mass is 35.5. The fourth-order valence-electron chi connectivity index (χ4n) is 2.78. The van der Waals surface area contributed by atoms with Gasteiger partial charge < -0.3 is 9.64 Å². The van der Waals surface area contributed by atoms with Gasteiger partial charge in [0.1, 0.15) is 5.60 Å². The summed E-state index contributed by atoms with van der Waals surface area (Å²) in [5, 5.41) is 0.737. The van der Waals surface area contributed by atoms with Gasteiger partial charge in [0.05, 0.1) is 6.10 Å². The van der Waals surface area contributed by atoms with Crippen LogP contribution in [0.2, 0.25) is 5.02 Å². The third-order valence-corrected chi connectivity index (χ3v) is 4.03. The van der Waals surface area contributed by atoms with Crippen LogP contribution in [0.4, 0.5) is 0 Å². The summed E-state index contributed by atoms with van der Waals surface area (Å²) in [7, 11) is 4.12. The summed E-state index contributed by atoms with van der Waals surface area (Å²) in [6.45, 7) is 5.10. The highest BCUT2D eigenvalue weighted by molar-refractivity contribution is 6.30. The number of rotatable bonds is 6. The summed E-state index contributed by atoms with van der Waals surface area (Å²) in [5.74, 6) is 0. The normalized spacial score (nSPS) is 15.5. The van der Waals surface area contributed by atoms with E-state index >= 15 is 0 Å². The van der Waals surface area contributed by atoms with Crippen LogP contribution in [-0.4, -0.2) is 31.6 Å². The smallest absolute Gasteiger partial charge is 0.116 e. The first kappa shape index (κ1) is 17.0. The first-order chi connectivity index (χ1) is 10.4. The molecule has 0 fully saturated rings. The molecule has 2 nitrogen and oxygen atoms in total. The van der Waals surface area contributed by atoms with Gasteiger partial charge in [-0.2, -0.15) is 0 Å². The highest BCUT2D eigenvalue weighted by Gasteiger charge is 2.31. The van der Waals surface area contributed by atoms with Gasteiger partial charge in [-0.15, -0.1) is 0 Å². The van der Waals surface area contributed by atoms with Crippen molar-refractivity contribution in [1.82, 2.24) is 4.90 Å². The molecule has 2 aromatic rings. The summed E-state index contributed by atoms with van der Waals surface area (Å²) < 4.78 is 6.48. The van der Waals surface area contributed by atoms with E-state index in [1.54, 1.807) is 0 Å². The number of nitrogens with zero attached hydrogens (tertiary/aromatic N) is 1. The quantitative estimate of drug-likeness (QED) is 0.773. The van der Waals surface area contributed by atoms with Crippen molar-refractivity contribution >= 4 is 11.6 Å². The molecule has 3 heteroatoms. The minimum absolute atomic E-state index is 0.107. The molecule has 0 radical (unpaired) electrons. The first-order valence-corrected chi connectivity index (χ1v) is 7.94. The Bertz CT molecular complexity index is 582. The zero-order valence-corrected chi connectivity index (χ0v) is 14.5. The van der Waals surface area contributed by atoms with Crippen LogP contribution in [0.15, 0.2) is 54.6 Å². The Kier molecular flexibility index (Phi) is 5.63. The summed E-state index contributed by atoms with van der Waals surface area (Å²) >= 11 is 6.03. The molecule has 2 rings (SSSR count). The molecule has 0 aliphatic carbocycles. The summed E-state index contributed by atoms with van der Waals surface area (Å²) in [4.78, 5) is 2.14. The number of ether oxygens (including phenoxy) is 1. The van der Waals surface area contributed by atoms with Crippen molar-refractivity contribution < 1.29 is 4.74 Å². The van der Waals surface area contributed by atoms with Crippen molar-refractivity contribution in [1.29, 1.82) is 0 Å². The van der Waals surface area contributed by atoms with E-state index in [9.17, 15) is 0 Å². The van der Waals surface area contributed by atoms with Gasteiger partial charge in [0.2, 0.25) is 0 Å². The van der Waals surface area contributed by atoms with E-state index in [0.717, 1.165) is 22.7 Å². The zero-order valence-electron chi connectivity index (χ0n) is 13.7. The van der Waals surface area contributed by atoms with Crippen molar-refractivity contribution in [3.8, 4) is 0 Å². The molecule has 0 amide bonds. The van der Waals surface area contributed by atoms with Gasteiger partial charge in [-0.25, -0.2) is 0 Å². The molecule has 0 saturated heterocycles. The van der Waals surface area contributed by atoms with E-state index < -0.39 is 5.60 Å². The predicted octanol–water partition coefficient (Wildman–Crippen LogP) is 4.57. The Morgan fingerprint density at radius 2 is 1.55 bits per heavy atom. The molecule has 0 bridgehead atoms. The van der Waals surface area contributed by atoms with E-state index in [2.05, 4.69) is 45.0 Å². The number of benzene rings is 2. The molecule has 2 aromatic carbocycles. The second-order valence-corrected chi connectivity index (χ2v) is 6.53. The van der Waals surface area contributed by atoms with Gasteiger partial charge in [-0.05, 0) is 51.2 Å². The van der Waals surface area contributed by atoms with Gasteiger partial charge in [0.25, 0.3) is 0 Å². The Hall–Kier alpha value is -1.35. The van der Waals surface area contributed by atoms with E-state index in [-0.39, 0.29) is 6.10 Å². The number of likely N-dealkylation sites (N-methyl/N-ethyl adjacent to an activating group) is 1. The van der Waals surface area contributed by atoms with Crippen LogP contribution in [0.25, 0.3) is 0 Å². The second kappa shape index (κ2) is 7.28. The molecule has 0 aliphatic rings. The standard InChI is InChI=1S/C19H24ClNO/c1-15(14-21(3)4)22-19(2,16-8-6-5-7-9-16)17-10-12-18(20)13-11-17/h5-13,15H,14H2,1-4H3/t15-,19-/m0/s1. The van der Waals surface area contributed by atoms with Crippen LogP contribution in [0.3, 0.4) is 0 Å². The molecule has 0 N–H and O–H groups in total. The summed E-state index contributed by atoms with van der Waals surface area (Å²) in [6.07, 6.45) is 0.107. The second-order valence-electron chi connectivity index (χ2n) is 6.10. The molecule has 0 saturated carbocycles. The average molecular weight is 318 g/mol. The van der Waals surface area contributed by atoms with Crippen LogP contribution in [-0.2, 0) is 10.3 Å². The number of halogens is 1. The van der Waals surface area contributed by atoms with Crippen LogP contribution in [0, 0.1) is 0 Å². The van der Waals surface area contributed by atoms with Crippen LogP contribution in [0.1, 0.15) is 25.0 Å². The first-order valence-electron chi connectivity index (χ1n) is 7.56. The number of hydrogen-bond donors (Lipinski definition) is 0. The van der Waals surface area contributed by atoms with Crippen molar-refractivity contribution in [2.75, 3.05) is 20.6 Å². The lowest BCUT2D eigenvalue weighted by Gasteiger charge is -2.35. The Morgan fingerprint density at radius 1 is 1.00 bits per heavy atom. The van der Waals surface area contributed by atoms with Gasteiger partial charge >= 0.3 is 0 Å². The maximum absolute atomic E-state index is 6.48. The number of hydrogen-bond acceptors (Lipinski definition) is 2. The minimum atomic E-state index is -0.499. The van der Waals surface area contributed by atoms with Gasteiger partial charge in [-0.1, -0.05) is 54.1 Å². The van der Waals surface area contributed by atoms with Crippen LogP contribution >= 0.6 is 11.6 Å². The Morgan fingerprint density at radius 3 is 2.09 bits per heavy atom. The van der Waals surface area contributed by atoms with E-state index in [1.165, 1.54) is 0 Å². The summed E-state index contributed by atoms with van der Waals surface area (Å²) in [6, 6.07) is 18.2. The maximum Gasteiger partial charge on any atom is 0.116 e. The Labute approximate surface area is 138 Å². The van der Waals surface area contributed by atoms with Gasteiger partial charge in [0.15, 0.2) is 0 Å². The fourth-order valence-corrected chi connectivity index (χ4v) is 2.91. The van der Waals surface area contributed by atoms with Gasteiger partial charge in [-0.3, -0.25) is 0 Å². The molecular formula is C19H24ClNO. The largest absolute Gasteiger partial charge is 0.362 e. The molecule has 22 heavy (non-hydrogen) atoms. The SMILES string of the molecule is C[C@@H](CN(C)C)O[C@@](C)(c1ccccc1)c1ccc(Cl)cc1. The van der Waals surface area contributed by atoms with E-state index in [1.807, 2.05) is 42.5 Å². The molecule has 0 unspecified atom stereocenters. The fraction of sp³-hybridized carbons (Fsp3) is 0.368. The Balaban J connectivity index is 2.38. The van der Waals surface area contributed by atoms with Gasteiger partial charge in [0, 0.05) is 11.6 Å². The predicted molar refractivity (Wildman–Crippen MR) is 93.4 cm³/mol. The molecular weight excluding hydrogens is 294 g/mol. The van der Waals surface area contributed by atoms with E-state index in [4.69, 9.17) is 16.3 Å². The molecule has 118 valence electrons. The lowest BCUT2D eigenvalue weighted by Crippen LogP contribution is -2.36. The van der Waals surface area contributed by atoms with Crippen molar-refractivity contribution in [2.45, 2.75) is 25.6 Å². The van der Waals surface area contributed by atoms with Crippen LogP contribution in [0.5, 0.6) is 0 Å². The highest BCUT2D eigenvalue weighted by Crippen LogP contribution is 2.35. The van der Waals surface area contributed by atoms with Crippen LogP contribution < -0.4 is 0 Å². The lowest BCUT2D eigenvalue weighted by molar-refractivity contribution is -0.0607. The van der Waals surface area contributed by atoms with Crippen molar-refractivity contribution in [3.63, 3.8) is 0 Å². The topological polar surface area (TPSA) is 12.5 Å².